The average Bonchev–Trinajstić information content (AvgIpc) is 3.30. The van der Waals surface area contributed by atoms with Gasteiger partial charge in [0, 0.05) is 24.5 Å². The lowest BCUT2D eigenvalue weighted by Gasteiger charge is -2.26. The van der Waals surface area contributed by atoms with Crippen molar-refractivity contribution in [1.29, 1.82) is 0 Å². The molecule has 0 aliphatic carbocycles. The van der Waals surface area contributed by atoms with E-state index >= 15 is 0 Å². The highest BCUT2D eigenvalue weighted by Crippen LogP contribution is 2.24. The van der Waals surface area contributed by atoms with Gasteiger partial charge in [0.25, 0.3) is 5.91 Å². The number of sulfonamides is 1. The lowest BCUT2D eigenvalue weighted by Crippen LogP contribution is -2.38. The molecule has 1 amide bonds. The number of amides is 1. The molecule has 1 aliphatic heterocycles. The smallest absolute Gasteiger partial charge is 0.338 e. The highest BCUT2D eigenvalue weighted by atomic mass is 32.2. The van der Waals surface area contributed by atoms with Crippen molar-refractivity contribution >= 4 is 33.2 Å². The number of benzene rings is 2. The molecule has 32 heavy (non-hydrogen) atoms. The van der Waals surface area contributed by atoms with Crippen molar-refractivity contribution in [3.8, 4) is 0 Å². The summed E-state index contributed by atoms with van der Waals surface area (Å²) in [4.78, 5) is 27.8. The zero-order chi connectivity index (χ0) is 22.6. The Hall–Kier alpha value is -3.01. The van der Waals surface area contributed by atoms with E-state index in [-0.39, 0.29) is 29.5 Å². The van der Waals surface area contributed by atoms with E-state index in [1.54, 1.807) is 16.2 Å². The lowest BCUT2D eigenvalue weighted by molar-refractivity contribution is -0.135. The molecule has 4 rings (SSSR count). The van der Waals surface area contributed by atoms with Gasteiger partial charge in [-0.25, -0.2) is 17.9 Å². The number of nitrogens with one attached hydrogen (secondary N) is 1. The van der Waals surface area contributed by atoms with Gasteiger partial charge in [-0.1, -0.05) is 36.4 Å². The van der Waals surface area contributed by atoms with Gasteiger partial charge in [-0.2, -0.15) is 0 Å². The van der Waals surface area contributed by atoms with E-state index in [0.29, 0.717) is 13.1 Å². The van der Waals surface area contributed by atoms with Gasteiger partial charge in [-0.15, -0.1) is 11.3 Å². The number of esters is 1. The molecular weight excluding hydrogens is 448 g/mol. The van der Waals surface area contributed by atoms with Crippen LogP contribution in [0.3, 0.4) is 0 Å². The van der Waals surface area contributed by atoms with E-state index in [4.69, 9.17) is 4.74 Å². The highest BCUT2D eigenvalue weighted by Gasteiger charge is 2.23. The van der Waals surface area contributed by atoms with E-state index in [1.807, 2.05) is 41.8 Å². The SMILES string of the molecule is O=C(OCC(=O)N1CCc2sccc2C1)c1cccc(S(=O)(=O)NCc2ccccc2)c1. The van der Waals surface area contributed by atoms with Crippen LogP contribution in [0.25, 0.3) is 0 Å². The van der Waals surface area contributed by atoms with Crippen LogP contribution >= 0.6 is 11.3 Å². The molecule has 0 spiro atoms. The van der Waals surface area contributed by atoms with Gasteiger partial charge >= 0.3 is 5.97 Å². The fourth-order valence-corrected chi connectivity index (χ4v) is 5.36. The number of hydrogen-bond donors (Lipinski definition) is 1. The Bertz CT molecular complexity index is 1220. The van der Waals surface area contributed by atoms with Gasteiger partial charge in [0.15, 0.2) is 6.61 Å². The van der Waals surface area contributed by atoms with E-state index in [2.05, 4.69) is 4.72 Å². The summed E-state index contributed by atoms with van der Waals surface area (Å²) in [7, 11) is -3.82. The molecule has 0 saturated heterocycles. The second-order valence-electron chi connectivity index (χ2n) is 7.35. The molecule has 3 aromatic rings. The maximum atomic E-state index is 12.6. The van der Waals surface area contributed by atoms with Crippen molar-refractivity contribution in [3.05, 3.63) is 87.6 Å². The number of thiophene rings is 1. The van der Waals surface area contributed by atoms with Crippen molar-refractivity contribution in [2.45, 2.75) is 24.4 Å². The topological polar surface area (TPSA) is 92.8 Å². The minimum Gasteiger partial charge on any atom is -0.452 e. The number of rotatable bonds is 7. The molecule has 0 fully saturated rings. The molecule has 1 N–H and O–H groups in total. The first-order valence-electron chi connectivity index (χ1n) is 10.1. The van der Waals surface area contributed by atoms with Crippen molar-refractivity contribution < 1.29 is 22.7 Å². The van der Waals surface area contributed by atoms with E-state index < -0.39 is 16.0 Å². The molecule has 0 atom stereocenters. The van der Waals surface area contributed by atoms with Crippen LogP contribution in [-0.4, -0.2) is 38.3 Å². The predicted octanol–water partition coefficient (Wildman–Crippen LogP) is 2.97. The lowest BCUT2D eigenvalue weighted by atomic mass is 10.1. The number of carbonyl (C=O) groups excluding carboxylic acids is 2. The predicted molar refractivity (Wildman–Crippen MR) is 121 cm³/mol. The molecule has 1 aromatic heterocycles. The van der Waals surface area contributed by atoms with Crippen molar-refractivity contribution in [2.24, 2.45) is 0 Å². The Morgan fingerprint density at radius 1 is 1.06 bits per heavy atom. The Morgan fingerprint density at radius 3 is 2.69 bits per heavy atom. The third kappa shape index (κ3) is 5.24. The summed E-state index contributed by atoms with van der Waals surface area (Å²) >= 11 is 1.68. The quantitative estimate of drug-likeness (QED) is 0.536. The summed E-state index contributed by atoms with van der Waals surface area (Å²) < 4.78 is 32.9. The third-order valence-corrected chi connectivity index (χ3v) is 7.60. The minimum absolute atomic E-state index is 0.0461. The van der Waals surface area contributed by atoms with Gasteiger partial charge in [0.2, 0.25) is 10.0 Å². The highest BCUT2D eigenvalue weighted by molar-refractivity contribution is 7.89. The number of nitrogens with zero attached hydrogens (tertiary/aromatic N) is 1. The van der Waals surface area contributed by atoms with E-state index in [9.17, 15) is 18.0 Å². The van der Waals surface area contributed by atoms with Crippen LogP contribution in [0.15, 0.2) is 70.9 Å². The van der Waals surface area contributed by atoms with Gasteiger partial charge in [-0.05, 0) is 47.2 Å². The number of fused-ring (bicyclic) bond motifs is 1. The van der Waals surface area contributed by atoms with Crippen molar-refractivity contribution in [2.75, 3.05) is 13.2 Å². The molecule has 0 unspecified atom stereocenters. The summed E-state index contributed by atoms with van der Waals surface area (Å²) in [5.41, 5.74) is 2.01. The molecule has 0 bridgehead atoms. The van der Waals surface area contributed by atoms with Crippen LogP contribution in [0.5, 0.6) is 0 Å². The van der Waals surface area contributed by atoms with Gasteiger partial charge < -0.3 is 9.64 Å². The summed E-state index contributed by atoms with van der Waals surface area (Å²) in [5.74, 6) is -1.02. The summed E-state index contributed by atoms with van der Waals surface area (Å²) in [6.45, 7) is 0.844. The molecule has 9 heteroatoms. The Balaban J connectivity index is 1.35. The Labute approximate surface area is 190 Å². The molecule has 1 aliphatic rings. The van der Waals surface area contributed by atoms with E-state index in [0.717, 1.165) is 17.5 Å². The molecule has 7 nitrogen and oxygen atoms in total. The molecule has 0 radical (unpaired) electrons. The van der Waals surface area contributed by atoms with Gasteiger partial charge in [-0.3, -0.25) is 4.79 Å². The fourth-order valence-electron chi connectivity index (χ4n) is 3.41. The maximum absolute atomic E-state index is 12.6. The first-order chi connectivity index (χ1) is 15.4. The summed E-state index contributed by atoms with van der Waals surface area (Å²) in [6, 6.07) is 16.7. The molecule has 0 saturated carbocycles. The molecule has 2 heterocycles. The largest absolute Gasteiger partial charge is 0.452 e. The fraction of sp³-hybridized carbons (Fsp3) is 0.217. The molecule has 166 valence electrons. The Kier molecular flexibility index (Phi) is 6.69. The zero-order valence-electron chi connectivity index (χ0n) is 17.2. The van der Waals surface area contributed by atoms with Crippen LogP contribution < -0.4 is 4.72 Å². The second-order valence-corrected chi connectivity index (χ2v) is 10.1. The minimum atomic E-state index is -3.82. The number of carbonyl (C=O) groups is 2. The second kappa shape index (κ2) is 9.64. The first kappa shape index (κ1) is 22.2. The van der Waals surface area contributed by atoms with Crippen molar-refractivity contribution in [1.82, 2.24) is 9.62 Å². The van der Waals surface area contributed by atoms with Gasteiger partial charge in [0.1, 0.15) is 0 Å². The third-order valence-electron chi connectivity index (χ3n) is 5.18. The number of ether oxygens (including phenoxy) is 1. The molecule has 2 aromatic carbocycles. The number of hydrogen-bond acceptors (Lipinski definition) is 6. The van der Waals surface area contributed by atoms with Crippen LogP contribution in [0, 0.1) is 0 Å². The zero-order valence-corrected chi connectivity index (χ0v) is 18.8. The van der Waals surface area contributed by atoms with Crippen LogP contribution in [0.4, 0.5) is 0 Å². The van der Waals surface area contributed by atoms with Crippen LogP contribution in [0.1, 0.15) is 26.4 Å². The van der Waals surface area contributed by atoms with Crippen molar-refractivity contribution in [3.63, 3.8) is 0 Å². The Morgan fingerprint density at radius 2 is 1.88 bits per heavy atom. The molecular formula is C23H22N2O5S2. The van der Waals surface area contributed by atoms with Crippen LogP contribution in [0.2, 0.25) is 0 Å². The van der Waals surface area contributed by atoms with Gasteiger partial charge in [0.05, 0.1) is 10.5 Å². The van der Waals surface area contributed by atoms with Crippen LogP contribution in [-0.2, 0) is 39.1 Å². The standard InChI is InChI=1S/C23H22N2O5S2/c26-22(25-11-9-21-19(15-25)10-12-31-21)16-30-23(27)18-7-4-8-20(13-18)32(28,29)24-14-17-5-2-1-3-6-17/h1-8,10,12-13,24H,9,11,14-16H2. The maximum Gasteiger partial charge on any atom is 0.338 e. The van der Waals surface area contributed by atoms with E-state index in [1.165, 1.54) is 29.1 Å². The monoisotopic (exact) mass is 470 g/mol. The average molecular weight is 471 g/mol. The first-order valence-corrected chi connectivity index (χ1v) is 12.4. The summed E-state index contributed by atoms with van der Waals surface area (Å²) in [5, 5.41) is 2.01. The normalized spacial score (nSPS) is 13.4. The summed E-state index contributed by atoms with van der Waals surface area (Å²) in [6.07, 6.45) is 0.794.